The number of carboxylic acid groups (broad SMARTS) is 1. The van der Waals surface area contributed by atoms with Gasteiger partial charge in [0.25, 0.3) is 0 Å². The van der Waals surface area contributed by atoms with Crippen molar-refractivity contribution in [2.45, 2.75) is 38.3 Å². The Morgan fingerprint density at radius 1 is 1.50 bits per heavy atom. The molecule has 1 aliphatic rings. The number of hydrogen-bond donors (Lipinski definition) is 2. The summed E-state index contributed by atoms with van der Waals surface area (Å²) in [6, 6.07) is 6.44. The van der Waals surface area contributed by atoms with E-state index in [1.165, 1.54) is 12.1 Å². The van der Waals surface area contributed by atoms with Crippen molar-refractivity contribution in [1.29, 1.82) is 5.26 Å². The lowest BCUT2D eigenvalue weighted by Gasteiger charge is -2.27. The van der Waals surface area contributed by atoms with E-state index >= 15 is 0 Å². The molecule has 20 heavy (non-hydrogen) atoms. The van der Waals surface area contributed by atoms with Crippen LogP contribution >= 0.6 is 0 Å². The van der Waals surface area contributed by atoms with Gasteiger partial charge < -0.3 is 10.4 Å². The molecule has 1 aliphatic carbocycles. The van der Waals surface area contributed by atoms with Crippen molar-refractivity contribution >= 4 is 5.97 Å². The average molecular weight is 276 g/mol. The molecule has 106 valence electrons. The summed E-state index contributed by atoms with van der Waals surface area (Å²) in [5.74, 6) is -1.52. The topological polar surface area (TPSA) is 73.1 Å². The van der Waals surface area contributed by atoms with Gasteiger partial charge in [-0.05, 0) is 37.0 Å². The quantitative estimate of drug-likeness (QED) is 0.885. The van der Waals surface area contributed by atoms with E-state index in [0.29, 0.717) is 13.0 Å². The molecule has 2 atom stereocenters. The average Bonchev–Trinajstić information content (AvgIpc) is 2.46. The standard InChI is InChI=1S/C15H17FN2O2/c16-14-5-4-10(6-12(14)8-17)9-18-13-3-1-2-11(7-13)15(19)20/h4-6,11,13,18H,1-3,7,9H2,(H,19,20). The summed E-state index contributed by atoms with van der Waals surface area (Å²) in [5, 5.41) is 21.1. The van der Waals surface area contributed by atoms with Crippen LogP contribution < -0.4 is 5.32 Å². The zero-order valence-corrected chi connectivity index (χ0v) is 11.1. The minimum atomic E-state index is -0.731. The third-order valence-electron chi connectivity index (χ3n) is 3.77. The Kier molecular flexibility index (Phi) is 4.70. The van der Waals surface area contributed by atoms with E-state index in [0.717, 1.165) is 24.8 Å². The van der Waals surface area contributed by atoms with Crippen LogP contribution in [0, 0.1) is 23.1 Å². The van der Waals surface area contributed by atoms with Gasteiger partial charge in [0.1, 0.15) is 11.9 Å². The molecule has 1 fully saturated rings. The molecule has 0 aliphatic heterocycles. The van der Waals surface area contributed by atoms with Crippen molar-refractivity contribution in [2.24, 2.45) is 5.92 Å². The van der Waals surface area contributed by atoms with Crippen LogP contribution in [-0.4, -0.2) is 17.1 Å². The lowest BCUT2D eigenvalue weighted by Crippen LogP contribution is -2.36. The molecule has 1 saturated carbocycles. The van der Waals surface area contributed by atoms with Gasteiger partial charge in [-0.3, -0.25) is 4.79 Å². The molecule has 5 heteroatoms. The highest BCUT2D eigenvalue weighted by Crippen LogP contribution is 2.24. The zero-order chi connectivity index (χ0) is 14.5. The van der Waals surface area contributed by atoms with Gasteiger partial charge in [-0.15, -0.1) is 0 Å². The highest BCUT2D eigenvalue weighted by Gasteiger charge is 2.26. The van der Waals surface area contributed by atoms with Gasteiger partial charge in [0.05, 0.1) is 11.5 Å². The van der Waals surface area contributed by atoms with Crippen molar-refractivity contribution in [3.8, 4) is 6.07 Å². The molecule has 0 radical (unpaired) electrons. The highest BCUT2D eigenvalue weighted by molar-refractivity contribution is 5.70. The van der Waals surface area contributed by atoms with Gasteiger partial charge in [-0.25, -0.2) is 4.39 Å². The third kappa shape index (κ3) is 3.55. The maximum absolute atomic E-state index is 13.2. The summed E-state index contributed by atoms with van der Waals surface area (Å²) in [6.07, 6.45) is 3.22. The van der Waals surface area contributed by atoms with Gasteiger partial charge in [-0.2, -0.15) is 5.26 Å². The van der Waals surface area contributed by atoms with Crippen molar-refractivity contribution in [2.75, 3.05) is 0 Å². The molecule has 0 saturated heterocycles. The molecule has 0 bridgehead atoms. The first-order chi connectivity index (χ1) is 9.60. The van der Waals surface area contributed by atoms with E-state index in [-0.39, 0.29) is 17.5 Å². The summed E-state index contributed by atoms with van der Waals surface area (Å²) < 4.78 is 13.2. The molecule has 1 aromatic carbocycles. The molecule has 0 spiro atoms. The molecule has 0 heterocycles. The van der Waals surface area contributed by atoms with Gasteiger partial charge in [0.2, 0.25) is 0 Å². The minimum Gasteiger partial charge on any atom is -0.481 e. The molecular formula is C15H17FN2O2. The minimum absolute atomic E-state index is 0.0383. The molecule has 2 rings (SSSR count). The van der Waals surface area contributed by atoms with Crippen LogP contribution in [0.4, 0.5) is 4.39 Å². The summed E-state index contributed by atoms with van der Waals surface area (Å²) in [7, 11) is 0. The Morgan fingerprint density at radius 2 is 2.30 bits per heavy atom. The largest absolute Gasteiger partial charge is 0.481 e. The summed E-state index contributed by atoms with van der Waals surface area (Å²) in [6.45, 7) is 0.520. The fourth-order valence-corrected chi connectivity index (χ4v) is 2.63. The summed E-state index contributed by atoms with van der Waals surface area (Å²) >= 11 is 0. The van der Waals surface area contributed by atoms with E-state index in [1.54, 1.807) is 6.07 Å². The number of rotatable bonds is 4. The highest BCUT2D eigenvalue weighted by atomic mass is 19.1. The van der Waals surface area contributed by atoms with E-state index in [1.807, 2.05) is 6.07 Å². The molecule has 2 unspecified atom stereocenters. The fraction of sp³-hybridized carbons (Fsp3) is 0.467. The smallest absolute Gasteiger partial charge is 0.306 e. The predicted molar refractivity (Wildman–Crippen MR) is 71.3 cm³/mol. The molecular weight excluding hydrogens is 259 g/mol. The first-order valence-electron chi connectivity index (χ1n) is 6.75. The second-order valence-electron chi connectivity index (χ2n) is 5.21. The Morgan fingerprint density at radius 3 is 3.00 bits per heavy atom. The Hall–Kier alpha value is -1.93. The van der Waals surface area contributed by atoms with E-state index in [4.69, 9.17) is 10.4 Å². The van der Waals surface area contributed by atoms with Gasteiger partial charge in [-0.1, -0.05) is 12.5 Å². The van der Waals surface area contributed by atoms with E-state index in [2.05, 4.69) is 5.32 Å². The third-order valence-corrected chi connectivity index (χ3v) is 3.77. The lowest BCUT2D eigenvalue weighted by molar-refractivity contribution is -0.143. The second kappa shape index (κ2) is 6.49. The van der Waals surface area contributed by atoms with Crippen LogP contribution in [0.1, 0.15) is 36.8 Å². The Labute approximate surface area is 117 Å². The molecule has 0 amide bonds. The van der Waals surface area contributed by atoms with Crippen molar-refractivity contribution < 1.29 is 14.3 Å². The first kappa shape index (κ1) is 14.5. The Balaban J connectivity index is 1.92. The number of carboxylic acids is 1. The maximum atomic E-state index is 13.2. The number of benzene rings is 1. The monoisotopic (exact) mass is 276 g/mol. The van der Waals surface area contributed by atoms with Gasteiger partial charge in [0, 0.05) is 12.6 Å². The molecule has 4 nitrogen and oxygen atoms in total. The number of carbonyl (C=O) groups is 1. The van der Waals surface area contributed by atoms with Crippen LogP contribution in [0.2, 0.25) is 0 Å². The normalized spacial score (nSPS) is 22.2. The number of nitrogens with zero attached hydrogens (tertiary/aromatic N) is 1. The lowest BCUT2D eigenvalue weighted by atomic mass is 9.86. The molecule has 2 N–H and O–H groups in total. The van der Waals surface area contributed by atoms with E-state index < -0.39 is 11.8 Å². The summed E-state index contributed by atoms with van der Waals surface area (Å²) in [5.41, 5.74) is 0.872. The molecule has 0 aromatic heterocycles. The van der Waals surface area contributed by atoms with Gasteiger partial charge in [0.15, 0.2) is 0 Å². The van der Waals surface area contributed by atoms with Crippen LogP contribution in [0.5, 0.6) is 0 Å². The van der Waals surface area contributed by atoms with Crippen molar-refractivity contribution in [1.82, 2.24) is 5.32 Å². The zero-order valence-electron chi connectivity index (χ0n) is 11.1. The number of aliphatic carboxylic acids is 1. The SMILES string of the molecule is N#Cc1cc(CNC2CCCC(C(=O)O)C2)ccc1F. The van der Waals surface area contributed by atoms with Gasteiger partial charge >= 0.3 is 5.97 Å². The predicted octanol–water partition coefficient (Wildman–Crippen LogP) is 2.43. The second-order valence-corrected chi connectivity index (χ2v) is 5.21. The first-order valence-corrected chi connectivity index (χ1v) is 6.75. The number of hydrogen-bond acceptors (Lipinski definition) is 3. The number of halogens is 1. The number of nitrogens with one attached hydrogen (secondary N) is 1. The Bertz CT molecular complexity index is 539. The van der Waals surface area contributed by atoms with Crippen molar-refractivity contribution in [3.05, 3.63) is 35.1 Å². The fourth-order valence-electron chi connectivity index (χ4n) is 2.63. The van der Waals surface area contributed by atoms with Crippen LogP contribution in [-0.2, 0) is 11.3 Å². The van der Waals surface area contributed by atoms with Crippen LogP contribution in [0.25, 0.3) is 0 Å². The van der Waals surface area contributed by atoms with Crippen LogP contribution in [0.15, 0.2) is 18.2 Å². The molecule has 1 aromatic rings. The van der Waals surface area contributed by atoms with E-state index in [9.17, 15) is 9.18 Å². The van der Waals surface area contributed by atoms with Crippen molar-refractivity contribution in [3.63, 3.8) is 0 Å². The maximum Gasteiger partial charge on any atom is 0.306 e. The van der Waals surface area contributed by atoms with Crippen LogP contribution in [0.3, 0.4) is 0 Å². The number of nitriles is 1. The summed E-state index contributed by atoms with van der Waals surface area (Å²) in [4.78, 5) is 11.0.